The van der Waals surface area contributed by atoms with Gasteiger partial charge >= 0.3 is 0 Å². The van der Waals surface area contributed by atoms with Crippen LogP contribution in [-0.2, 0) is 0 Å². The van der Waals surface area contributed by atoms with Crippen molar-refractivity contribution in [1.82, 2.24) is 15.0 Å². The van der Waals surface area contributed by atoms with Crippen LogP contribution < -0.4 is 0 Å². The van der Waals surface area contributed by atoms with Crippen LogP contribution in [-0.4, -0.2) is 15.0 Å². The largest absolute Gasteiger partial charge is 0.264 e. The van der Waals surface area contributed by atoms with Crippen LogP contribution in [0.25, 0.3) is 0 Å². The molecule has 0 aromatic carbocycles. The molecule has 1 fully saturated rings. The van der Waals surface area contributed by atoms with Gasteiger partial charge in [-0.15, -0.1) is 0 Å². The lowest BCUT2D eigenvalue weighted by Crippen LogP contribution is -2.20. The number of hydrogen-bond donors (Lipinski definition) is 0. The standard InChI is InChI=1S/C21H21N3/c1-4-16(13-22-7-1)19-10-20(17-5-2-8-23-14-17)12-21(11-19)18-6-3-9-24-15-18/h1-9,13-15,19-21H,10-12H2. The van der Waals surface area contributed by atoms with Gasteiger partial charge in [-0.05, 0) is 71.9 Å². The van der Waals surface area contributed by atoms with Crippen molar-refractivity contribution in [3.63, 3.8) is 0 Å². The Morgan fingerprint density at radius 2 is 0.875 bits per heavy atom. The van der Waals surface area contributed by atoms with Gasteiger partial charge in [0.05, 0.1) is 0 Å². The third-order valence-corrected chi connectivity index (χ3v) is 5.17. The summed E-state index contributed by atoms with van der Waals surface area (Å²) in [4.78, 5) is 13.0. The Morgan fingerprint density at radius 3 is 1.12 bits per heavy atom. The molecule has 3 aromatic rings. The Hall–Kier alpha value is -2.55. The highest BCUT2D eigenvalue weighted by Gasteiger charge is 2.31. The number of aromatic nitrogens is 3. The van der Waals surface area contributed by atoms with Crippen LogP contribution in [0.3, 0.4) is 0 Å². The molecule has 1 aliphatic rings. The summed E-state index contributed by atoms with van der Waals surface area (Å²) in [5, 5.41) is 0. The Balaban J connectivity index is 1.66. The minimum atomic E-state index is 0.530. The third kappa shape index (κ3) is 3.21. The lowest BCUT2D eigenvalue weighted by atomic mass is 9.69. The molecule has 3 heteroatoms. The highest BCUT2D eigenvalue weighted by atomic mass is 14.6. The van der Waals surface area contributed by atoms with Crippen molar-refractivity contribution in [2.75, 3.05) is 0 Å². The predicted octanol–water partition coefficient (Wildman–Crippen LogP) is 4.71. The van der Waals surface area contributed by atoms with Crippen LogP contribution >= 0.6 is 0 Å². The topological polar surface area (TPSA) is 38.7 Å². The zero-order valence-corrected chi connectivity index (χ0v) is 13.6. The second-order valence-electron chi connectivity index (χ2n) is 6.66. The van der Waals surface area contributed by atoms with Crippen LogP contribution in [0.15, 0.2) is 73.6 Å². The van der Waals surface area contributed by atoms with E-state index in [0.717, 1.165) is 19.3 Å². The van der Waals surface area contributed by atoms with Crippen LogP contribution in [0, 0.1) is 0 Å². The molecule has 0 spiro atoms. The minimum absolute atomic E-state index is 0.530. The van der Waals surface area contributed by atoms with Crippen LogP contribution in [0.1, 0.15) is 53.7 Å². The van der Waals surface area contributed by atoms with Crippen molar-refractivity contribution in [2.24, 2.45) is 0 Å². The van der Waals surface area contributed by atoms with Gasteiger partial charge in [-0.3, -0.25) is 15.0 Å². The second kappa shape index (κ2) is 6.91. The summed E-state index contributed by atoms with van der Waals surface area (Å²) in [5.74, 6) is 1.59. The second-order valence-corrected chi connectivity index (χ2v) is 6.66. The maximum absolute atomic E-state index is 4.33. The van der Waals surface area contributed by atoms with E-state index >= 15 is 0 Å². The van der Waals surface area contributed by atoms with Crippen molar-refractivity contribution in [3.8, 4) is 0 Å². The van der Waals surface area contributed by atoms with E-state index in [1.807, 2.05) is 55.4 Å². The molecule has 4 rings (SSSR count). The van der Waals surface area contributed by atoms with Crippen molar-refractivity contribution >= 4 is 0 Å². The van der Waals surface area contributed by atoms with E-state index in [1.165, 1.54) is 16.7 Å². The first-order valence-corrected chi connectivity index (χ1v) is 8.60. The molecule has 1 aliphatic carbocycles. The van der Waals surface area contributed by atoms with Gasteiger partial charge in [-0.1, -0.05) is 18.2 Å². The van der Waals surface area contributed by atoms with Crippen molar-refractivity contribution in [3.05, 3.63) is 90.3 Å². The van der Waals surface area contributed by atoms with E-state index in [0.29, 0.717) is 17.8 Å². The quantitative estimate of drug-likeness (QED) is 0.703. The first-order chi connectivity index (χ1) is 11.9. The smallest absolute Gasteiger partial charge is 0.0302 e. The van der Waals surface area contributed by atoms with Gasteiger partial charge in [-0.2, -0.15) is 0 Å². The summed E-state index contributed by atoms with van der Waals surface area (Å²) in [5.41, 5.74) is 4.04. The van der Waals surface area contributed by atoms with E-state index in [4.69, 9.17) is 0 Å². The number of rotatable bonds is 3. The molecule has 3 nitrogen and oxygen atoms in total. The first-order valence-electron chi connectivity index (χ1n) is 8.60. The van der Waals surface area contributed by atoms with Gasteiger partial charge < -0.3 is 0 Å². The molecule has 120 valence electrons. The molecule has 24 heavy (non-hydrogen) atoms. The SMILES string of the molecule is c1cncc(C2CC(c3cccnc3)CC(c3cccnc3)C2)c1. The lowest BCUT2D eigenvalue weighted by Gasteiger charge is -2.35. The maximum atomic E-state index is 4.33. The van der Waals surface area contributed by atoms with Crippen LogP contribution in [0.2, 0.25) is 0 Å². The van der Waals surface area contributed by atoms with E-state index in [-0.39, 0.29) is 0 Å². The number of hydrogen-bond acceptors (Lipinski definition) is 3. The van der Waals surface area contributed by atoms with Crippen molar-refractivity contribution in [1.29, 1.82) is 0 Å². The summed E-state index contributed by atoms with van der Waals surface area (Å²) >= 11 is 0. The predicted molar refractivity (Wildman–Crippen MR) is 94.8 cm³/mol. The van der Waals surface area contributed by atoms with Gasteiger partial charge in [-0.25, -0.2) is 0 Å². The molecule has 0 bridgehead atoms. The molecule has 0 unspecified atom stereocenters. The first kappa shape index (κ1) is 15.0. The van der Waals surface area contributed by atoms with Gasteiger partial charge in [0.15, 0.2) is 0 Å². The Morgan fingerprint density at radius 1 is 0.542 bits per heavy atom. The maximum Gasteiger partial charge on any atom is 0.0302 e. The monoisotopic (exact) mass is 315 g/mol. The zero-order valence-electron chi connectivity index (χ0n) is 13.6. The molecule has 0 saturated heterocycles. The van der Waals surface area contributed by atoms with Gasteiger partial charge in [0.2, 0.25) is 0 Å². The highest BCUT2D eigenvalue weighted by molar-refractivity contribution is 5.26. The summed E-state index contributed by atoms with van der Waals surface area (Å²) in [6.07, 6.45) is 15.1. The number of pyridine rings is 3. The Labute approximate surface area is 142 Å². The van der Waals surface area contributed by atoms with E-state index in [1.54, 1.807) is 0 Å². The summed E-state index contributed by atoms with van der Waals surface area (Å²) in [6, 6.07) is 12.8. The van der Waals surface area contributed by atoms with Gasteiger partial charge in [0.1, 0.15) is 0 Å². The van der Waals surface area contributed by atoms with Gasteiger partial charge in [0, 0.05) is 37.2 Å². The normalized spacial score (nSPS) is 23.8. The minimum Gasteiger partial charge on any atom is -0.264 e. The molecule has 3 aromatic heterocycles. The third-order valence-electron chi connectivity index (χ3n) is 5.17. The van der Waals surface area contributed by atoms with Crippen molar-refractivity contribution in [2.45, 2.75) is 37.0 Å². The summed E-state index contributed by atoms with van der Waals surface area (Å²) in [6.45, 7) is 0. The zero-order chi connectivity index (χ0) is 16.2. The molecule has 0 radical (unpaired) electrons. The molecule has 0 amide bonds. The molecular weight excluding hydrogens is 294 g/mol. The van der Waals surface area contributed by atoms with Crippen molar-refractivity contribution < 1.29 is 0 Å². The average Bonchev–Trinajstić information content (AvgIpc) is 2.70. The molecule has 3 heterocycles. The summed E-state index contributed by atoms with van der Waals surface area (Å²) in [7, 11) is 0. The van der Waals surface area contributed by atoms with E-state index in [9.17, 15) is 0 Å². The molecule has 0 aliphatic heterocycles. The fourth-order valence-corrected chi connectivity index (χ4v) is 3.99. The van der Waals surface area contributed by atoms with Crippen LogP contribution in [0.4, 0.5) is 0 Å². The number of nitrogens with zero attached hydrogens (tertiary/aromatic N) is 3. The van der Waals surface area contributed by atoms with E-state index in [2.05, 4.69) is 33.2 Å². The molecule has 0 atom stereocenters. The lowest BCUT2D eigenvalue weighted by molar-refractivity contribution is 0.350. The summed E-state index contributed by atoms with van der Waals surface area (Å²) < 4.78 is 0. The Kier molecular flexibility index (Phi) is 4.32. The van der Waals surface area contributed by atoms with Gasteiger partial charge in [0.25, 0.3) is 0 Å². The molecular formula is C21H21N3. The average molecular weight is 315 g/mol. The van der Waals surface area contributed by atoms with E-state index < -0.39 is 0 Å². The highest BCUT2D eigenvalue weighted by Crippen LogP contribution is 2.47. The Bertz CT molecular complexity index is 645. The van der Waals surface area contributed by atoms with Crippen LogP contribution in [0.5, 0.6) is 0 Å². The molecule has 0 N–H and O–H groups in total. The molecule has 1 saturated carbocycles. The fraction of sp³-hybridized carbons (Fsp3) is 0.286. The fourth-order valence-electron chi connectivity index (χ4n) is 3.99.